The number of rotatable bonds is 3. The van der Waals surface area contributed by atoms with E-state index in [-0.39, 0.29) is 5.91 Å². The smallest absolute Gasteiger partial charge is 0.275 e. The van der Waals surface area contributed by atoms with Gasteiger partial charge in [0.05, 0.1) is 5.69 Å². The Morgan fingerprint density at radius 2 is 2.53 bits per heavy atom. The molecule has 6 nitrogen and oxygen atoms in total. The maximum Gasteiger partial charge on any atom is 0.275 e. The van der Waals surface area contributed by atoms with Crippen LogP contribution >= 0.6 is 11.3 Å². The van der Waals surface area contributed by atoms with Crippen LogP contribution in [0.1, 0.15) is 28.0 Å². The molecule has 3 heterocycles. The van der Waals surface area contributed by atoms with Crippen molar-refractivity contribution in [1.29, 1.82) is 0 Å². The van der Waals surface area contributed by atoms with Crippen LogP contribution in [0.2, 0.25) is 0 Å². The van der Waals surface area contributed by atoms with E-state index in [2.05, 4.69) is 32.3 Å². The summed E-state index contributed by atoms with van der Waals surface area (Å²) in [6.45, 7) is 5.19. The van der Waals surface area contributed by atoms with E-state index in [1.54, 1.807) is 23.6 Å². The van der Waals surface area contributed by atoms with E-state index in [0.717, 1.165) is 31.7 Å². The highest BCUT2D eigenvalue weighted by Gasteiger charge is 2.20. The minimum absolute atomic E-state index is 0.198. The number of carbonyl (C=O) groups excluding carboxylic acids is 1. The standard InChI is InChI=1S/C12H15N5OS/c1-2-17-6-4-8-10(7-17)19-12(14-8)15-11(18)9-3-5-13-16-9/h3,5H,2,4,6-7H2,1H3,(H,13,16)(H,14,15,18). The molecular formula is C12H15N5OS. The third-order valence-corrected chi connectivity index (χ3v) is 4.22. The molecule has 2 aromatic rings. The molecular weight excluding hydrogens is 262 g/mol. The van der Waals surface area contributed by atoms with Crippen molar-refractivity contribution in [1.82, 2.24) is 20.1 Å². The van der Waals surface area contributed by atoms with E-state index in [9.17, 15) is 4.79 Å². The highest BCUT2D eigenvalue weighted by molar-refractivity contribution is 7.15. The lowest BCUT2D eigenvalue weighted by molar-refractivity contribution is 0.102. The van der Waals surface area contributed by atoms with Crippen LogP contribution in [0.15, 0.2) is 12.3 Å². The number of nitrogens with one attached hydrogen (secondary N) is 2. The second-order valence-electron chi connectivity index (χ2n) is 4.43. The fraction of sp³-hybridized carbons (Fsp3) is 0.417. The van der Waals surface area contributed by atoms with Gasteiger partial charge >= 0.3 is 0 Å². The van der Waals surface area contributed by atoms with E-state index in [1.807, 2.05) is 0 Å². The molecule has 0 bridgehead atoms. The van der Waals surface area contributed by atoms with Crippen LogP contribution in [0, 0.1) is 0 Å². The zero-order chi connectivity index (χ0) is 13.2. The van der Waals surface area contributed by atoms with Gasteiger partial charge in [-0.1, -0.05) is 6.92 Å². The lowest BCUT2D eigenvalue weighted by atomic mass is 10.2. The van der Waals surface area contributed by atoms with Gasteiger partial charge in [-0.05, 0) is 12.6 Å². The van der Waals surface area contributed by atoms with Crippen LogP contribution in [0.25, 0.3) is 0 Å². The van der Waals surface area contributed by atoms with Crippen LogP contribution in [0.3, 0.4) is 0 Å². The molecule has 0 aliphatic carbocycles. The van der Waals surface area contributed by atoms with E-state index in [0.29, 0.717) is 10.8 Å². The number of likely N-dealkylation sites (N-methyl/N-ethyl adjacent to an activating group) is 1. The number of carbonyl (C=O) groups is 1. The van der Waals surface area contributed by atoms with Gasteiger partial charge < -0.3 is 0 Å². The zero-order valence-corrected chi connectivity index (χ0v) is 11.5. The fourth-order valence-electron chi connectivity index (χ4n) is 2.12. The topological polar surface area (TPSA) is 73.9 Å². The molecule has 1 aliphatic heterocycles. The second-order valence-corrected chi connectivity index (χ2v) is 5.52. The first-order chi connectivity index (χ1) is 9.26. The SMILES string of the molecule is CCN1CCc2nc(NC(=O)c3ccn[nH]3)sc2C1. The number of aromatic amines is 1. The number of aromatic nitrogens is 3. The number of amides is 1. The number of thiazole rings is 1. The van der Waals surface area contributed by atoms with E-state index in [4.69, 9.17) is 0 Å². The molecule has 0 fully saturated rings. The van der Waals surface area contributed by atoms with Crippen LogP contribution in [-0.2, 0) is 13.0 Å². The first kappa shape index (κ1) is 12.3. The number of nitrogens with zero attached hydrogens (tertiary/aromatic N) is 3. The van der Waals surface area contributed by atoms with Crippen LogP contribution in [0.4, 0.5) is 5.13 Å². The Hall–Kier alpha value is -1.73. The molecule has 0 radical (unpaired) electrons. The van der Waals surface area contributed by atoms with E-state index >= 15 is 0 Å². The van der Waals surface area contributed by atoms with Gasteiger partial charge in [0.15, 0.2) is 5.13 Å². The Bertz CT molecular complexity index is 577. The average molecular weight is 277 g/mol. The van der Waals surface area contributed by atoms with E-state index < -0.39 is 0 Å². The summed E-state index contributed by atoms with van der Waals surface area (Å²) in [4.78, 5) is 20.0. The predicted molar refractivity (Wildman–Crippen MR) is 73.3 cm³/mol. The number of hydrogen-bond acceptors (Lipinski definition) is 5. The van der Waals surface area contributed by atoms with Gasteiger partial charge in [-0.3, -0.25) is 20.1 Å². The van der Waals surface area contributed by atoms with Crippen molar-refractivity contribution >= 4 is 22.4 Å². The molecule has 1 amide bonds. The third kappa shape index (κ3) is 2.52. The molecule has 0 atom stereocenters. The molecule has 3 rings (SSSR count). The fourth-order valence-corrected chi connectivity index (χ4v) is 3.16. The number of fused-ring (bicyclic) bond motifs is 1. The summed E-state index contributed by atoms with van der Waals surface area (Å²) in [6, 6.07) is 1.64. The molecule has 2 N–H and O–H groups in total. The normalized spacial score (nSPS) is 15.2. The van der Waals surface area contributed by atoms with Gasteiger partial charge in [0.2, 0.25) is 0 Å². The van der Waals surface area contributed by atoms with Crippen molar-refractivity contribution < 1.29 is 4.79 Å². The van der Waals surface area contributed by atoms with Crippen LogP contribution in [-0.4, -0.2) is 39.1 Å². The van der Waals surface area contributed by atoms with Crippen molar-refractivity contribution in [3.8, 4) is 0 Å². The summed E-state index contributed by atoms with van der Waals surface area (Å²) in [6.07, 6.45) is 2.51. The Balaban J connectivity index is 1.73. The molecule has 0 spiro atoms. The number of hydrogen-bond donors (Lipinski definition) is 2. The molecule has 0 aromatic carbocycles. The molecule has 1 aliphatic rings. The zero-order valence-electron chi connectivity index (χ0n) is 10.6. The first-order valence-electron chi connectivity index (χ1n) is 6.28. The van der Waals surface area contributed by atoms with E-state index in [1.165, 1.54) is 4.88 Å². The van der Waals surface area contributed by atoms with Crippen molar-refractivity contribution in [3.63, 3.8) is 0 Å². The Morgan fingerprint density at radius 3 is 3.26 bits per heavy atom. The number of H-pyrrole nitrogens is 1. The van der Waals surface area contributed by atoms with Crippen molar-refractivity contribution in [2.75, 3.05) is 18.4 Å². The monoisotopic (exact) mass is 277 g/mol. The summed E-state index contributed by atoms with van der Waals surface area (Å²) < 4.78 is 0. The molecule has 7 heteroatoms. The minimum atomic E-state index is -0.198. The van der Waals surface area contributed by atoms with Gasteiger partial charge in [0.25, 0.3) is 5.91 Å². The largest absolute Gasteiger partial charge is 0.298 e. The lowest BCUT2D eigenvalue weighted by Crippen LogP contribution is -2.29. The van der Waals surface area contributed by atoms with Gasteiger partial charge in [0.1, 0.15) is 5.69 Å². The Labute approximate surface area is 114 Å². The number of anilines is 1. The molecule has 0 saturated carbocycles. The highest BCUT2D eigenvalue weighted by Crippen LogP contribution is 2.28. The van der Waals surface area contributed by atoms with Crippen molar-refractivity contribution in [2.45, 2.75) is 19.9 Å². The quantitative estimate of drug-likeness (QED) is 0.891. The summed E-state index contributed by atoms with van der Waals surface area (Å²) in [7, 11) is 0. The van der Waals surface area contributed by atoms with Crippen LogP contribution in [0.5, 0.6) is 0 Å². The molecule has 0 saturated heterocycles. The predicted octanol–water partition coefficient (Wildman–Crippen LogP) is 1.50. The third-order valence-electron chi connectivity index (χ3n) is 3.22. The highest BCUT2D eigenvalue weighted by atomic mass is 32.1. The minimum Gasteiger partial charge on any atom is -0.298 e. The van der Waals surface area contributed by atoms with Crippen LogP contribution < -0.4 is 5.32 Å². The molecule has 19 heavy (non-hydrogen) atoms. The Morgan fingerprint density at radius 1 is 1.63 bits per heavy atom. The first-order valence-corrected chi connectivity index (χ1v) is 7.09. The second kappa shape index (κ2) is 5.10. The summed E-state index contributed by atoms with van der Waals surface area (Å²) in [5.41, 5.74) is 1.57. The van der Waals surface area contributed by atoms with Gasteiger partial charge in [-0.25, -0.2) is 4.98 Å². The summed E-state index contributed by atoms with van der Waals surface area (Å²) >= 11 is 1.56. The maximum atomic E-state index is 11.9. The lowest BCUT2D eigenvalue weighted by Gasteiger charge is -2.23. The molecule has 2 aromatic heterocycles. The van der Waals surface area contributed by atoms with Gasteiger partial charge in [0, 0.05) is 30.6 Å². The maximum absolute atomic E-state index is 11.9. The Kier molecular flexibility index (Phi) is 3.31. The van der Waals surface area contributed by atoms with Gasteiger partial charge in [-0.2, -0.15) is 5.10 Å². The average Bonchev–Trinajstić information content (AvgIpc) is 3.06. The van der Waals surface area contributed by atoms with Crippen molar-refractivity contribution in [3.05, 3.63) is 28.5 Å². The summed E-state index contributed by atoms with van der Waals surface area (Å²) in [5, 5.41) is 9.89. The van der Waals surface area contributed by atoms with Gasteiger partial charge in [-0.15, -0.1) is 11.3 Å². The van der Waals surface area contributed by atoms with Crippen molar-refractivity contribution in [2.24, 2.45) is 0 Å². The molecule has 0 unspecified atom stereocenters. The summed E-state index contributed by atoms with van der Waals surface area (Å²) in [5.74, 6) is -0.198. The molecule has 100 valence electrons.